The smallest absolute Gasteiger partial charge is 0.191 e. The predicted octanol–water partition coefficient (Wildman–Crippen LogP) is 0.690. The maximum absolute atomic E-state index is 4.98. The molecule has 0 aliphatic rings. The molecule has 0 saturated carbocycles. The summed E-state index contributed by atoms with van der Waals surface area (Å²) < 4.78 is 7.11. The maximum atomic E-state index is 4.98. The van der Waals surface area contributed by atoms with Crippen molar-refractivity contribution in [2.45, 2.75) is 13.0 Å². The lowest BCUT2D eigenvalue weighted by Gasteiger charge is -2.11. The highest BCUT2D eigenvalue weighted by molar-refractivity contribution is 5.79. The van der Waals surface area contributed by atoms with Crippen LogP contribution in [0.4, 0.5) is 0 Å². The fraction of sp³-hybridized carbons (Fsp3) is 0.583. The second kappa shape index (κ2) is 8.64. The summed E-state index contributed by atoms with van der Waals surface area (Å²) in [5, 5.41) is 6.50. The highest BCUT2D eigenvalue weighted by Crippen LogP contribution is 1.88. The molecule has 0 atom stereocenters. The lowest BCUT2D eigenvalue weighted by molar-refractivity contribution is 0.195. The minimum absolute atomic E-state index is 0.771. The summed E-state index contributed by atoms with van der Waals surface area (Å²) in [6.07, 6.45) is 5.09. The molecule has 2 N–H and O–H groups in total. The number of hydrogen-bond donors (Lipinski definition) is 2. The van der Waals surface area contributed by atoms with Crippen LogP contribution in [-0.2, 0) is 11.3 Å². The Morgan fingerprint density at radius 1 is 1.24 bits per heavy atom. The van der Waals surface area contributed by atoms with Gasteiger partial charge in [0.25, 0.3) is 0 Å². The van der Waals surface area contributed by atoms with Crippen LogP contribution < -0.4 is 10.6 Å². The summed E-state index contributed by atoms with van der Waals surface area (Å²) in [7, 11) is 3.49. The number of aromatic nitrogens is 1. The number of ether oxygens (including phenoxy) is 1. The standard InChI is InChI=1S/C12H22N4O/c1-13-12(14-6-5-11-17-2)15-7-10-16-8-3-4-9-16/h3-4,8-9H,5-7,10-11H2,1-2H3,(H2,13,14,15). The Morgan fingerprint density at radius 3 is 2.59 bits per heavy atom. The topological polar surface area (TPSA) is 50.6 Å². The van der Waals surface area contributed by atoms with Crippen LogP contribution in [0.1, 0.15) is 6.42 Å². The number of guanidine groups is 1. The Balaban J connectivity index is 2.10. The van der Waals surface area contributed by atoms with Gasteiger partial charge < -0.3 is 19.9 Å². The van der Waals surface area contributed by atoms with E-state index in [0.717, 1.165) is 38.6 Å². The summed E-state index contributed by atoms with van der Waals surface area (Å²) in [6.45, 7) is 3.44. The highest BCUT2D eigenvalue weighted by Gasteiger charge is 1.96. The van der Waals surface area contributed by atoms with E-state index in [1.807, 2.05) is 12.1 Å². The molecule has 17 heavy (non-hydrogen) atoms. The Bertz CT molecular complexity index is 308. The molecular weight excluding hydrogens is 216 g/mol. The molecule has 1 rings (SSSR count). The largest absolute Gasteiger partial charge is 0.385 e. The van der Waals surface area contributed by atoms with Crippen molar-refractivity contribution in [3.8, 4) is 0 Å². The molecule has 96 valence electrons. The zero-order valence-electron chi connectivity index (χ0n) is 10.6. The van der Waals surface area contributed by atoms with Gasteiger partial charge in [0.15, 0.2) is 5.96 Å². The fourth-order valence-corrected chi connectivity index (χ4v) is 1.47. The first-order chi connectivity index (χ1) is 8.36. The van der Waals surface area contributed by atoms with Crippen LogP contribution in [0, 0.1) is 0 Å². The summed E-state index contributed by atoms with van der Waals surface area (Å²) >= 11 is 0. The minimum atomic E-state index is 0.771. The van der Waals surface area contributed by atoms with Gasteiger partial charge in [0, 0.05) is 52.8 Å². The van der Waals surface area contributed by atoms with Crippen molar-refractivity contribution in [1.82, 2.24) is 15.2 Å². The van der Waals surface area contributed by atoms with E-state index in [1.165, 1.54) is 0 Å². The van der Waals surface area contributed by atoms with E-state index in [2.05, 4.69) is 32.6 Å². The second-order valence-corrected chi connectivity index (χ2v) is 3.69. The third-order valence-electron chi connectivity index (χ3n) is 2.37. The third kappa shape index (κ3) is 5.97. The van der Waals surface area contributed by atoms with E-state index in [1.54, 1.807) is 14.2 Å². The first kappa shape index (κ1) is 13.6. The van der Waals surface area contributed by atoms with Gasteiger partial charge >= 0.3 is 0 Å². The highest BCUT2D eigenvalue weighted by atomic mass is 16.5. The zero-order chi connectivity index (χ0) is 12.3. The Hall–Kier alpha value is -1.49. The average molecular weight is 238 g/mol. The van der Waals surface area contributed by atoms with Crippen molar-refractivity contribution in [2.75, 3.05) is 33.9 Å². The molecule has 0 spiro atoms. The van der Waals surface area contributed by atoms with E-state index >= 15 is 0 Å². The molecule has 1 heterocycles. The van der Waals surface area contributed by atoms with E-state index in [-0.39, 0.29) is 0 Å². The van der Waals surface area contributed by atoms with E-state index in [9.17, 15) is 0 Å². The van der Waals surface area contributed by atoms with Crippen LogP contribution in [-0.4, -0.2) is 44.4 Å². The molecule has 1 aromatic rings. The van der Waals surface area contributed by atoms with E-state index in [0.29, 0.717) is 0 Å². The monoisotopic (exact) mass is 238 g/mol. The molecule has 0 aliphatic carbocycles. The summed E-state index contributed by atoms with van der Waals surface area (Å²) in [5.41, 5.74) is 0. The Labute approximate surface area is 103 Å². The van der Waals surface area contributed by atoms with Gasteiger partial charge in [-0.3, -0.25) is 4.99 Å². The van der Waals surface area contributed by atoms with Crippen molar-refractivity contribution in [3.63, 3.8) is 0 Å². The summed E-state index contributed by atoms with van der Waals surface area (Å²) in [4.78, 5) is 4.15. The summed E-state index contributed by atoms with van der Waals surface area (Å²) in [6, 6.07) is 4.05. The number of nitrogens with zero attached hydrogens (tertiary/aromatic N) is 2. The summed E-state index contributed by atoms with van der Waals surface area (Å²) in [5.74, 6) is 0.841. The van der Waals surface area contributed by atoms with Gasteiger partial charge in [0.2, 0.25) is 0 Å². The quantitative estimate of drug-likeness (QED) is 0.417. The van der Waals surface area contributed by atoms with Gasteiger partial charge in [-0.15, -0.1) is 0 Å². The Morgan fingerprint density at radius 2 is 1.94 bits per heavy atom. The maximum Gasteiger partial charge on any atom is 0.191 e. The second-order valence-electron chi connectivity index (χ2n) is 3.69. The van der Waals surface area contributed by atoms with Crippen LogP contribution in [0.3, 0.4) is 0 Å². The first-order valence-electron chi connectivity index (χ1n) is 5.91. The van der Waals surface area contributed by atoms with Gasteiger partial charge in [-0.1, -0.05) is 0 Å². The Kier molecular flexibility index (Phi) is 6.90. The van der Waals surface area contributed by atoms with Crippen molar-refractivity contribution < 1.29 is 4.74 Å². The van der Waals surface area contributed by atoms with Crippen molar-refractivity contribution in [3.05, 3.63) is 24.5 Å². The van der Waals surface area contributed by atoms with Crippen LogP contribution in [0.5, 0.6) is 0 Å². The van der Waals surface area contributed by atoms with Crippen molar-refractivity contribution >= 4 is 5.96 Å². The lowest BCUT2D eigenvalue weighted by Crippen LogP contribution is -2.39. The number of hydrogen-bond acceptors (Lipinski definition) is 2. The molecule has 0 saturated heterocycles. The predicted molar refractivity (Wildman–Crippen MR) is 70.3 cm³/mol. The fourth-order valence-electron chi connectivity index (χ4n) is 1.47. The van der Waals surface area contributed by atoms with Crippen LogP contribution in [0.25, 0.3) is 0 Å². The molecule has 0 bridgehead atoms. The molecule has 0 radical (unpaired) electrons. The van der Waals surface area contributed by atoms with Crippen molar-refractivity contribution in [2.24, 2.45) is 4.99 Å². The molecule has 0 aromatic carbocycles. The van der Waals surface area contributed by atoms with Gasteiger partial charge in [-0.2, -0.15) is 0 Å². The molecule has 0 aliphatic heterocycles. The van der Waals surface area contributed by atoms with E-state index < -0.39 is 0 Å². The number of aliphatic imine (C=N–C) groups is 1. The molecule has 0 unspecified atom stereocenters. The number of nitrogens with one attached hydrogen (secondary N) is 2. The lowest BCUT2D eigenvalue weighted by atomic mass is 10.4. The van der Waals surface area contributed by atoms with Crippen LogP contribution in [0.15, 0.2) is 29.5 Å². The van der Waals surface area contributed by atoms with Crippen LogP contribution >= 0.6 is 0 Å². The van der Waals surface area contributed by atoms with Gasteiger partial charge in [0.1, 0.15) is 0 Å². The van der Waals surface area contributed by atoms with Gasteiger partial charge in [-0.25, -0.2) is 0 Å². The first-order valence-corrected chi connectivity index (χ1v) is 5.91. The zero-order valence-corrected chi connectivity index (χ0v) is 10.6. The van der Waals surface area contributed by atoms with E-state index in [4.69, 9.17) is 4.74 Å². The third-order valence-corrected chi connectivity index (χ3v) is 2.37. The number of rotatable bonds is 7. The molecule has 5 nitrogen and oxygen atoms in total. The van der Waals surface area contributed by atoms with Crippen LogP contribution in [0.2, 0.25) is 0 Å². The molecular formula is C12H22N4O. The molecule has 0 amide bonds. The SMILES string of the molecule is CN=C(NCCCOC)NCCn1cccc1. The minimum Gasteiger partial charge on any atom is -0.385 e. The normalized spacial score (nSPS) is 11.5. The van der Waals surface area contributed by atoms with Gasteiger partial charge in [-0.05, 0) is 18.6 Å². The average Bonchev–Trinajstić information content (AvgIpc) is 2.85. The van der Waals surface area contributed by atoms with Gasteiger partial charge in [0.05, 0.1) is 0 Å². The molecule has 1 aromatic heterocycles. The number of methoxy groups -OCH3 is 1. The van der Waals surface area contributed by atoms with Crippen molar-refractivity contribution in [1.29, 1.82) is 0 Å². The molecule has 5 heteroatoms. The molecule has 0 fully saturated rings.